The zero-order chi connectivity index (χ0) is 7.68. The Morgan fingerprint density at radius 1 is 1.27 bits per heavy atom. The van der Waals surface area contributed by atoms with Gasteiger partial charge in [0.05, 0.1) is 0 Å². The van der Waals surface area contributed by atoms with Crippen molar-refractivity contribution in [2.24, 2.45) is 0 Å². The molecule has 0 saturated carbocycles. The molecule has 11 heavy (non-hydrogen) atoms. The highest BCUT2D eigenvalue weighted by Crippen LogP contribution is 2.24. The number of thiophene rings is 1. The minimum absolute atomic E-state index is 1.23. The molecule has 2 rings (SSSR count). The van der Waals surface area contributed by atoms with E-state index in [1.807, 2.05) is 6.08 Å². The molecule has 0 aliphatic heterocycles. The van der Waals surface area contributed by atoms with Crippen molar-refractivity contribution in [3.05, 3.63) is 41.8 Å². The lowest BCUT2D eigenvalue weighted by atomic mass is 10.2. The number of fused-ring (bicyclic) bond motifs is 1. The van der Waals surface area contributed by atoms with Crippen LogP contribution in [0, 0.1) is 0 Å². The van der Waals surface area contributed by atoms with Crippen LogP contribution in [0.5, 0.6) is 0 Å². The van der Waals surface area contributed by atoms with Crippen molar-refractivity contribution in [1.29, 1.82) is 0 Å². The topological polar surface area (TPSA) is 0 Å². The van der Waals surface area contributed by atoms with Gasteiger partial charge >= 0.3 is 0 Å². The Hall–Kier alpha value is -1.08. The summed E-state index contributed by atoms with van der Waals surface area (Å²) in [5.41, 5.74) is 1.23. The lowest BCUT2D eigenvalue weighted by Gasteiger charge is -1.93. The van der Waals surface area contributed by atoms with Gasteiger partial charge in [-0.1, -0.05) is 30.9 Å². The summed E-state index contributed by atoms with van der Waals surface area (Å²) in [6.07, 6.45) is 1.90. The van der Waals surface area contributed by atoms with Crippen LogP contribution >= 0.6 is 11.3 Å². The van der Waals surface area contributed by atoms with Crippen molar-refractivity contribution in [2.75, 3.05) is 0 Å². The van der Waals surface area contributed by atoms with Gasteiger partial charge in [0, 0.05) is 4.70 Å². The molecule has 0 spiro atoms. The van der Waals surface area contributed by atoms with E-state index in [1.165, 1.54) is 15.6 Å². The normalized spacial score (nSPS) is 10.2. The van der Waals surface area contributed by atoms with Crippen molar-refractivity contribution in [1.82, 2.24) is 0 Å². The zero-order valence-electron chi connectivity index (χ0n) is 6.08. The summed E-state index contributed by atoms with van der Waals surface area (Å²) in [5, 5.41) is 3.42. The average Bonchev–Trinajstić information content (AvgIpc) is 2.50. The van der Waals surface area contributed by atoms with Gasteiger partial charge in [0.25, 0.3) is 0 Å². The van der Waals surface area contributed by atoms with E-state index < -0.39 is 0 Å². The fourth-order valence-electron chi connectivity index (χ4n) is 1.18. The van der Waals surface area contributed by atoms with E-state index in [2.05, 4.69) is 36.2 Å². The number of hydrogen-bond donors (Lipinski definition) is 0. The van der Waals surface area contributed by atoms with E-state index in [1.54, 1.807) is 11.3 Å². The highest BCUT2D eigenvalue weighted by Gasteiger charge is 1.96. The van der Waals surface area contributed by atoms with Crippen LogP contribution in [0.1, 0.15) is 5.56 Å². The van der Waals surface area contributed by atoms with Crippen LogP contribution in [0.2, 0.25) is 0 Å². The Balaban J connectivity index is 2.88. The van der Waals surface area contributed by atoms with E-state index in [9.17, 15) is 0 Å². The van der Waals surface area contributed by atoms with E-state index in [0.717, 1.165) is 0 Å². The zero-order valence-corrected chi connectivity index (χ0v) is 6.90. The van der Waals surface area contributed by atoms with Gasteiger partial charge in [-0.2, -0.15) is 0 Å². The van der Waals surface area contributed by atoms with Crippen molar-refractivity contribution in [3.63, 3.8) is 0 Å². The molecular formula is C10H8S. The lowest BCUT2D eigenvalue weighted by molar-refractivity contribution is 1.80. The van der Waals surface area contributed by atoms with Gasteiger partial charge in [0.15, 0.2) is 0 Å². The summed E-state index contributed by atoms with van der Waals surface area (Å²) in [6, 6.07) is 8.41. The van der Waals surface area contributed by atoms with Crippen LogP contribution in [-0.4, -0.2) is 0 Å². The SMILES string of the molecule is C=Cc1cccc2ccsc12. The van der Waals surface area contributed by atoms with Crippen molar-refractivity contribution in [3.8, 4) is 0 Å². The molecule has 1 aromatic heterocycles. The molecule has 0 N–H and O–H groups in total. The third-order valence-corrected chi connectivity index (χ3v) is 2.71. The molecule has 0 saturated heterocycles. The minimum Gasteiger partial charge on any atom is -0.143 e. The van der Waals surface area contributed by atoms with Gasteiger partial charge in [0.1, 0.15) is 0 Å². The first-order valence-corrected chi connectivity index (χ1v) is 4.38. The van der Waals surface area contributed by atoms with Gasteiger partial charge < -0.3 is 0 Å². The lowest BCUT2D eigenvalue weighted by Crippen LogP contribution is -1.68. The standard InChI is InChI=1S/C10H8S/c1-2-8-4-3-5-9-6-7-11-10(8)9/h2-7H,1H2. The quantitative estimate of drug-likeness (QED) is 0.598. The molecule has 1 heteroatoms. The predicted molar refractivity (Wildman–Crippen MR) is 51.9 cm³/mol. The summed E-state index contributed by atoms with van der Waals surface area (Å²) >= 11 is 1.77. The minimum atomic E-state index is 1.23. The molecule has 0 aliphatic carbocycles. The van der Waals surface area contributed by atoms with Crippen LogP contribution in [0.4, 0.5) is 0 Å². The predicted octanol–water partition coefficient (Wildman–Crippen LogP) is 3.54. The molecule has 1 heterocycles. The summed E-state index contributed by atoms with van der Waals surface area (Å²) < 4.78 is 1.34. The number of benzene rings is 1. The Bertz CT molecular complexity index is 384. The van der Waals surface area contributed by atoms with Gasteiger partial charge in [-0.3, -0.25) is 0 Å². The highest BCUT2D eigenvalue weighted by molar-refractivity contribution is 7.17. The smallest absolute Gasteiger partial charge is 0.0414 e. The summed E-state index contributed by atoms with van der Waals surface area (Å²) in [6.45, 7) is 3.77. The summed E-state index contributed by atoms with van der Waals surface area (Å²) in [7, 11) is 0. The molecule has 54 valence electrons. The number of rotatable bonds is 1. The molecule has 0 atom stereocenters. The number of hydrogen-bond acceptors (Lipinski definition) is 1. The van der Waals surface area contributed by atoms with Crippen molar-refractivity contribution >= 4 is 27.5 Å². The molecule has 0 radical (unpaired) electrons. The van der Waals surface area contributed by atoms with E-state index in [-0.39, 0.29) is 0 Å². The first-order chi connectivity index (χ1) is 5.42. The first-order valence-electron chi connectivity index (χ1n) is 3.50. The summed E-state index contributed by atoms with van der Waals surface area (Å²) in [4.78, 5) is 0. The Morgan fingerprint density at radius 2 is 2.18 bits per heavy atom. The van der Waals surface area contributed by atoms with Crippen molar-refractivity contribution in [2.45, 2.75) is 0 Å². The van der Waals surface area contributed by atoms with Crippen LogP contribution in [-0.2, 0) is 0 Å². The average molecular weight is 160 g/mol. The maximum atomic E-state index is 3.77. The second kappa shape index (κ2) is 2.51. The molecule has 0 aliphatic rings. The Kier molecular flexibility index (Phi) is 1.51. The molecule has 0 fully saturated rings. The van der Waals surface area contributed by atoms with Crippen LogP contribution < -0.4 is 0 Å². The maximum Gasteiger partial charge on any atom is 0.0414 e. The van der Waals surface area contributed by atoms with Gasteiger partial charge in [-0.05, 0) is 22.4 Å². The third-order valence-electron chi connectivity index (χ3n) is 1.73. The summed E-state index contributed by atoms with van der Waals surface area (Å²) in [5.74, 6) is 0. The molecular weight excluding hydrogens is 152 g/mol. The first kappa shape index (κ1) is 6.62. The van der Waals surface area contributed by atoms with Crippen LogP contribution in [0.25, 0.3) is 16.2 Å². The van der Waals surface area contributed by atoms with Gasteiger partial charge in [0.2, 0.25) is 0 Å². The fourth-order valence-corrected chi connectivity index (χ4v) is 2.09. The molecule has 0 bridgehead atoms. The Morgan fingerprint density at radius 3 is 3.00 bits per heavy atom. The highest BCUT2D eigenvalue weighted by atomic mass is 32.1. The van der Waals surface area contributed by atoms with Crippen molar-refractivity contribution < 1.29 is 0 Å². The molecule has 0 amide bonds. The molecule has 2 aromatic rings. The fraction of sp³-hybridized carbons (Fsp3) is 0. The second-order valence-electron chi connectivity index (χ2n) is 2.39. The monoisotopic (exact) mass is 160 g/mol. The molecule has 1 aromatic carbocycles. The van der Waals surface area contributed by atoms with Gasteiger partial charge in [-0.25, -0.2) is 0 Å². The van der Waals surface area contributed by atoms with E-state index >= 15 is 0 Å². The van der Waals surface area contributed by atoms with E-state index in [4.69, 9.17) is 0 Å². The largest absolute Gasteiger partial charge is 0.143 e. The van der Waals surface area contributed by atoms with Crippen LogP contribution in [0.3, 0.4) is 0 Å². The molecule has 0 unspecified atom stereocenters. The maximum absolute atomic E-state index is 3.77. The van der Waals surface area contributed by atoms with Gasteiger partial charge in [-0.15, -0.1) is 11.3 Å². The van der Waals surface area contributed by atoms with E-state index in [0.29, 0.717) is 0 Å². The Labute approximate surface area is 69.8 Å². The second-order valence-corrected chi connectivity index (χ2v) is 3.31. The van der Waals surface area contributed by atoms with Crippen LogP contribution in [0.15, 0.2) is 36.2 Å². The third kappa shape index (κ3) is 0.976. The molecule has 0 nitrogen and oxygen atoms in total.